The number of rotatable bonds is 7. The normalized spacial score (nSPS) is 34.6. The lowest BCUT2D eigenvalue weighted by atomic mass is 9.92. The predicted molar refractivity (Wildman–Crippen MR) is 83.1 cm³/mol. The molecule has 1 heterocycles. The lowest BCUT2D eigenvalue weighted by Crippen LogP contribution is -2.46. The van der Waals surface area contributed by atoms with Crippen molar-refractivity contribution in [1.82, 2.24) is 5.09 Å². The van der Waals surface area contributed by atoms with Gasteiger partial charge in [0.25, 0.3) is 0 Å². The summed E-state index contributed by atoms with van der Waals surface area (Å²) in [5, 5.41) is 3.14. The molecule has 1 aliphatic rings. The van der Waals surface area contributed by atoms with Gasteiger partial charge >= 0.3 is 0 Å². The first kappa shape index (κ1) is 17.5. The molecule has 0 bridgehead atoms. The Kier molecular flexibility index (Phi) is 6.90. The summed E-state index contributed by atoms with van der Waals surface area (Å²) in [5.74, 6) is 0. The van der Waals surface area contributed by atoms with Crippen LogP contribution in [0.5, 0.6) is 0 Å². The van der Waals surface area contributed by atoms with Crippen LogP contribution in [0, 0.1) is 0 Å². The first-order chi connectivity index (χ1) is 8.83. The van der Waals surface area contributed by atoms with Gasteiger partial charge < -0.3 is 14.2 Å². The second-order valence-corrected chi connectivity index (χ2v) is 9.45. The Hall–Kier alpha value is 0.485. The van der Waals surface area contributed by atoms with Crippen LogP contribution in [0.1, 0.15) is 20.8 Å². The monoisotopic (exact) mass is 309 g/mol. The smallest absolute Gasteiger partial charge is 0.200 e. The minimum absolute atomic E-state index is 0.0442. The summed E-state index contributed by atoms with van der Waals surface area (Å²) < 4.78 is 29.2. The van der Waals surface area contributed by atoms with Crippen molar-refractivity contribution in [3.8, 4) is 0 Å². The van der Waals surface area contributed by atoms with E-state index in [1.54, 1.807) is 7.11 Å². The summed E-state index contributed by atoms with van der Waals surface area (Å²) in [4.78, 5) is 0. The number of nitrogens with one attached hydrogen (secondary N) is 1. The molecule has 0 amide bonds. The first-order valence-corrected chi connectivity index (χ1v) is 9.62. The fraction of sp³-hybridized carbons (Fsp3) is 1.00. The topological polar surface area (TPSA) is 56.8 Å². The van der Waals surface area contributed by atoms with Gasteiger partial charge in [0.15, 0.2) is 0 Å². The van der Waals surface area contributed by atoms with Crippen molar-refractivity contribution < 1.29 is 18.8 Å². The highest BCUT2D eigenvalue weighted by Crippen LogP contribution is 2.52. The Morgan fingerprint density at radius 1 is 1.53 bits per heavy atom. The quantitative estimate of drug-likeness (QED) is 0.415. The van der Waals surface area contributed by atoms with Crippen LogP contribution in [0.2, 0.25) is 0 Å². The van der Waals surface area contributed by atoms with Gasteiger partial charge in [-0.25, -0.2) is 0 Å². The van der Waals surface area contributed by atoms with Crippen LogP contribution in [-0.4, -0.2) is 58.1 Å². The van der Waals surface area contributed by atoms with Gasteiger partial charge in [0, 0.05) is 19.4 Å². The molecule has 0 radical (unpaired) electrons. The third-order valence-electron chi connectivity index (χ3n) is 3.33. The lowest BCUT2D eigenvalue weighted by Gasteiger charge is -2.29. The van der Waals surface area contributed by atoms with Gasteiger partial charge in [-0.3, -0.25) is 9.65 Å². The average molecular weight is 309 g/mol. The van der Waals surface area contributed by atoms with Crippen LogP contribution in [0.3, 0.4) is 0 Å². The third-order valence-corrected chi connectivity index (χ3v) is 7.13. The SMILES string of the molecule is B[C@@H]1O[C@H](COC)C(NP(=O)(S)C(C)C)C1OCC. The summed E-state index contributed by atoms with van der Waals surface area (Å²) in [6.07, 6.45) is -0.305. The second-order valence-electron chi connectivity index (χ2n) is 5.13. The number of hydrogen-bond donors (Lipinski definition) is 2. The Morgan fingerprint density at radius 3 is 2.63 bits per heavy atom. The maximum Gasteiger partial charge on any atom is 0.200 e. The molecule has 0 saturated carbocycles. The molecule has 19 heavy (non-hydrogen) atoms. The van der Waals surface area contributed by atoms with Crippen LogP contribution < -0.4 is 5.09 Å². The predicted octanol–water partition coefficient (Wildman–Crippen LogP) is 0.885. The summed E-state index contributed by atoms with van der Waals surface area (Å²) in [6.45, 7) is 4.02. The molecule has 1 rings (SSSR count). The summed E-state index contributed by atoms with van der Waals surface area (Å²) in [7, 11) is 3.59. The number of ether oxygens (including phenoxy) is 3. The zero-order valence-electron chi connectivity index (χ0n) is 12.3. The molecule has 5 nitrogen and oxygen atoms in total. The number of hydrogen-bond acceptors (Lipinski definition) is 4. The lowest BCUT2D eigenvalue weighted by molar-refractivity contribution is 0.00336. The van der Waals surface area contributed by atoms with Gasteiger partial charge in [-0.05, 0) is 6.92 Å². The molecular formula is C11H25BNO4PS. The van der Waals surface area contributed by atoms with E-state index in [0.717, 1.165) is 0 Å². The fourth-order valence-electron chi connectivity index (χ4n) is 2.20. The van der Waals surface area contributed by atoms with Gasteiger partial charge in [-0.1, -0.05) is 26.1 Å². The third kappa shape index (κ3) is 4.48. The molecular weight excluding hydrogens is 284 g/mol. The van der Waals surface area contributed by atoms with E-state index in [-0.39, 0.29) is 29.9 Å². The highest BCUT2D eigenvalue weighted by molar-refractivity contribution is 8.47. The molecule has 0 aromatic rings. The molecule has 1 aliphatic heterocycles. The van der Waals surface area contributed by atoms with Crippen molar-refractivity contribution in [1.29, 1.82) is 0 Å². The number of methoxy groups -OCH3 is 1. The Balaban J connectivity index is 2.85. The standard InChI is InChI=1S/C11H25BNO4PS/c1-5-16-10-9(13-18(14,19)7(2)3)8(6-15-4)17-11(10)12/h7-11H,5-6,12H2,1-4H3,(H2,13,14,19)/t8-,9?,10?,11-,18?/m1/s1. The van der Waals surface area contributed by atoms with Crippen molar-refractivity contribution in [2.75, 3.05) is 20.3 Å². The van der Waals surface area contributed by atoms with Crippen molar-refractivity contribution in [3.05, 3.63) is 0 Å². The van der Waals surface area contributed by atoms with E-state index >= 15 is 0 Å². The molecule has 1 N–H and O–H groups in total. The Bertz CT molecular complexity index is 334. The van der Waals surface area contributed by atoms with Gasteiger partial charge in [0.2, 0.25) is 6.49 Å². The van der Waals surface area contributed by atoms with Gasteiger partial charge in [0.1, 0.15) is 7.85 Å². The molecule has 8 heteroatoms. The van der Waals surface area contributed by atoms with Crippen LogP contribution in [0.15, 0.2) is 0 Å². The zero-order valence-corrected chi connectivity index (χ0v) is 14.1. The zero-order chi connectivity index (χ0) is 14.6. The maximum absolute atomic E-state index is 12.5. The molecule has 0 aliphatic carbocycles. The van der Waals surface area contributed by atoms with Crippen LogP contribution in [0.25, 0.3) is 0 Å². The van der Waals surface area contributed by atoms with E-state index in [1.165, 1.54) is 0 Å². The first-order valence-electron chi connectivity index (χ1n) is 6.69. The maximum atomic E-state index is 12.5. The minimum atomic E-state index is -2.73. The van der Waals surface area contributed by atoms with Gasteiger partial charge in [0.05, 0.1) is 30.9 Å². The van der Waals surface area contributed by atoms with Crippen molar-refractivity contribution in [3.63, 3.8) is 0 Å². The summed E-state index contributed by atoms with van der Waals surface area (Å²) in [6, 6.07) is -0.223. The largest absolute Gasteiger partial charge is 0.382 e. The average Bonchev–Trinajstić information content (AvgIpc) is 2.58. The van der Waals surface area contributed by atoms with Crippen molar-refractivity contribution >= 4 is 26.6 Å². The highest BCUT2D eigenvalue weighted by atomic mass is 32.7. The molecule has 112 valence electrons. The molecule has 1 saturated heterocycles. The summed E-state index contributed by atoms with van der Waals surface area (Å²) >= 11 is 4.30. The summed E-state index contributed by atoms with van der Waals surface area (Å²) in [5.41, 5.74) is -0.0442. The molecule has 0 spiro atoms. The molecule has 0 aromatic carbocycles. The molecule has 3 unspecified atom stereocenters. The minimum Gasteiger partial charge on any atom is -0.382 e. The highest BCUT2D eigenvalue weighted by Gasteiger charge is 2.45. The van der Waals surface area contributed by atoms with E-state index in [9.17, 15) is 4.57 Å². The van der Waals surface area contributed by atoms with Gasteiger partial charge in [-0.15, -0.1) is 0 Å². The van der Waals surface area contributed by atoms with E-state index in [4.69, 9.17) is 14.2 Å². The Morgan fingerprint density at radius 2 is 2.16 bits per heavy atom. The van der Waals surface area contributed by atoms with E-state index in [1.807, 2.05) is 28.6 Å². The Labute approximate surface area is 122 Å². The molecule has 5 atom stereocenters. The molecule has 0 aromatic heterocycles. The fourth-order valence-corrected chi connectivity index (χ4v) is 3.64. The van der Waals surface area contributed by atoms with Gasteiger partial charge in [-0.2, -0.15) is 0 Å². The van der Waals surface area contributed by atoms with E-state index < -0.39 is 6.49 Å². The van der Waals surface area contributed by atoms with Crippen molar-refractivity contribution in [2.24, 2.45) is 0 Å². The number of thiol groups is 1. The van der Waals surface area contributed by atoms with E-state index in [0.29, 0.717) is 13.2 Å². The van der Waals surface area contributed by atoms with E-state index in [2.05, 4.69) is 17.3 Å². The van der Waals surface area contributed by atoms with Crippen molar-refractivity contribution in [2.45, 2.75) is 50.7 Å². The van der Waals surface area contributed by atoms with Crippen LogP contribution in [0.4, 0.5) is 0 Å². The van der Waals surface area contributed by atoms with Crippen LogP contribution >= 0.6 is 18.7 Å². The molecule has 1 fully saturated rings. The van der Waals surface area contributed by atoms with Crippen LogP contribution in [-0.2, 0) is 18.8 Å². The second kappa shape index (κ2) is 7.48.